The van der Waals surface area contributed by atoms with Crippen molar-refractivity contribution in [3.05, 3.63) is 24.4 Å². The molecule has 0 radical (unpaired) electrons. The van der Waals surface area contributed by atoms with E-state index in [9.17, 15) is 9.59 Å². The number of rotatable bonds is 6. The summed E-state index contributed by atoms with van der Waals surface area (Å²) in [5.41, 5.74) is 0. The number of aromatic nitrogens is 1. The van der Waals surface area contributed by atoms with Crippen LogP contribution in [0, 0.1) is 0 Å². The third kappa shape index (κ3) is 5.60. The Kier molecular flexibility index (Phi) is 6.73. The number of nitrogens with zero attached hydrogens (tertiary/aromatic N) is 1. The molecule has 1 unspecified atom stereocenters. The summed E-state index contributed by atoms with van der Waals surface area (Å²) in [7, 11) is 1.30. The highest BCUT2D eigenvalue weighted by Crippen LogP contribution is 2.04. The van der Waals surface area contributed by atoms with Crippen LogP contribution >= 0.6 is 11.8 Å². The third-order valence-electron chi connectivity index (χ3n) is 2.31. The van der Waals surface area contributed by atoms with Crippen LogP contribution in [-0.2, 0) is 9.53 Å². The van der Waals surface area contributed by atoms with Gasteiger partial charge in [-0.05, 0) is 30.6 Å². The molecule has 1 atom stereocenters. The van der Waals surface area contributed by atoms with E-state index < -0.39 is 18.0 Å². The zero-order chi connectivity index (χ0) is 14.1. The van der Waals surface area contributed by atoms with Crippen LogP contribution in [0.25, 0.3) is 0 Å². The minimum Gasteiger partial charge on any atom is -0.467 e. The predicted molar refractivity (Wildman–Crippen MR) is 75.2 cm³/mol. The molecular weight excluding hydrogens is 266 g/mol. The van der Waals surface area contributed by atoms with Gasteiger partial charge in [0, 0.05) is 6.20 Å². The fourth-order valence-corrected chi connectivity index (χ4v) is 1.85. The van der Waals surface area contributed by atoms with Crippen LogP contribution in [0.5, 0.6) is 0 Å². The molecule has 1 aromatic rings. The molecule has 1 rings (SSSR count). The molecule has 6 nitrogen and oxygen atoms in total. The van der Waals surface area contributed by atoms with Gasteiger partial charge in [-0.15, -0.1) is 0 Å². The van der Waals surface area contributed by atoms with Crippen molar-refractivity contribution >= 4 is 29.6 Å². The van der Waals surface area contributed by atoms with E-state index in [1.165, 1.54) is 7.11 Å². The second kappa shape index (κ2) is 8.36. The molecule has 7 heteroatoms. The van der Waals surface area contributed by atoms with Crippen LogP contribution in [0.1, 0.15) is 6.42 Å². The maximum absolute atomic E-state index is 11.7. The van der Waals surface area contributed by atoms with Gasteiger partial charge in [0.1, 0.15) is 11.9 Å². The topological polar surface area (TPSA) is 80.3 Å². The largest absolute Gasteiger partial charge is 0.467 e. The zero-order valence-corrected chi connectivity index (χ0v) is 11.7. The quantitative estimate of drug-likeness (QED) is 0.773. The monoisotopic (exact) mass is 283 g/mol. The number of carbonyl (C=O) groups excluding carboxylic acids is 2. The van der Waals surface area contributed by atoms with Crippen molar-refractivity contribution in [2.24, 2.45) is 0 Å². The summed E-state index contributed by atoms with van der Waals surface area (Å²) < 4.78 is 4.65. The van der Waals surface area contributed by atoms with Gasteiger partial charge in [-0.25, -0.2) is 14.6 Å². The lowest BCUT2D eigenvalue weighted by Gasteiger charge is -2.16. The smallest absolute Gasteiger partial charge is 0.328 e. The second-order valence-electron chi connectivity index (χ2n) is 3.67. The van der Waals surface area contributed by atoms with Gasteiger partial charge in [-0.1, -0.05) is 6.07 Å². The minimum absolute atomic E-state index is 0.425. The van der Waals surface area contributed by atoms with Crippen LogP contribution < -0.4 is 10.6 Å². The fourth-order valence-electron chi connectivity index (χ4n) is 1.37. The molecule has 0 aromatic carbocycles. The Morgan fingerprint density at radius 3 is 2.84 bits per heavy atom. The highest BCUT2D eigenvalue weighted by atomic mass is 32.2. The molecule has 2 N–H and O–H groups in total. The Hall–Kier alpha value is -1.76. The van der Waals surface area contributed by atoms with Gasteiger partial charge >= 0.3 is 12.0 Å². The molecule has 0 saturated carbocycles. The average molecular weight is 283 g/mol. The van der Waals surface area contributed by atoms with Gasteiger partial charge in [0.2, 0.25) is 0 Å². The Bertz CT molecular complexity index is 414. The van der Waals surface area contributed by atoms with Crippen LogP contribution in [0.4, 0.5) is 10.6 Å². The lowest BCUT2D eigenvalue weighted by Crippen LogP contribution is -2.44. The first-order valence-electron chi connectivity index (χ1n) is 5.72. The molecule has 19 heavy (non-hydrogen) atoms. The predicted octanol–water partition coefficient (Wildman–Crippen LogP) is 1.50. The van der Waals surface area contributed by atoms with Crippen molar-refractivity contribution in [2.75, 3.05) is 24.4 Å². The molecule has 0 aliphatic rings. The van der Waals surface area contributed by atoms with E-state index >= 15 is 0 Å². The van der Waals surface area contributed by atoms with E-state index in [1.54, 1.807) is 36.2 Å². The van der Waals surface area contributed by atoms with E-state index in [2.05, 4.69) is 20.4 Å². The van der Waals surface area contributed by atoms with E-state index in [1.807, 2.05) is 6.26 Å². The summed E-state index contributed by atoms with van der Waals surface area (Å²) in [5.74, 6) is 0.725. The third-order valence-corrected chi connectivity index (χ3v) is 2.95. The highest BCUT2D eigenvalue weighted by Gasteiger charge is 2.20. The van der Waals surface area contributed by atoms with Gasteiger partial charge in [0.25, 0.3) is 0 Å². The number of hydrogen-bond donors (Lipinski definition) is 2. The summed E-state index contributed by atoms with van der Waals surface area (Å²) in [6.07, 6.45) is 4.02. The number of hydrogen-bond acceptors (Lipinski definition) is 5. The van der Waals surface area contributed by atoms with Crippen molar-refractivity contribution in [1.29, 1.82) is 0 Å². The van der Waals surface area contributed by atoms with Crippen LogP contribution in [0.15, 0.2) is 24.4 Å². The fraction of sp³-hybridized carbons (Fsp3) is 0.417. The number of thioether (sulfide) groups is 1. The van der Waals surface area contributed by atoms with Crippen molar-refractivity contribution in [3.8, 4) is 0 Å². The number of carbonyl (C=O) groups is 2. The molecule has 0 fully saturated rings. The molecule has 0 saturated heterocycles. The first kappa shape index (κ1) is 15.3. The highest BCUT2D eigenvalue weighted by molar-refractivity contribution is 7.98. The normalized spacial score (nSPS) is 11.5. The van der Waals surface area contributed by atoms with Gasteiger partial charge in [0.15, 0.2) is 0 Å². The SMILES string of the molecule is COC(=O)C(CCSC)NC(=O)Nc1ccccn1. The van der Waals surface area contributed by atoms with Gasteiger partial charge in [-0.2, -0.15) is 11.8 Å². The minimum atomic E-state index is -0.652. The van der Waals surface area contributed by atoms with Crippen LogP contribution in [-0.4, -0.2) is 42.1 Å². The lowest BCUT2D eigenvalue weighted by molar-refractivity contribution is -0.142. The van der Waals surface area contributed by atoms with E-state index in [0.29, 0.717) is 12.2 Å². The molecular formula is C12H17N3O3S. The Labute approximate surface area is 116 Å². The standard InChI is InChI=1S/C12H17N3O3S/c1-18-11(16)9(6-8-19-2)14-12(17)15-10-5-3-4-7-13-10/h3-5,7,9H,6,8H2,1-2H3,(H2,13,14,15,17). The van der Waals surface area contributed by atoms with Crippen molar-refractivity contribution in [1.82, 2.24) is 10.3 Å². The van der Waals surface area contributed by atoms with Crippen molar-refractivity contribution < 1.29 is 14.3 Å². The van der Waals surface area contributed by atoms with Crippen molar-refractivity contribution in [2.45, 2.75) is 12.5 Å². The maximum atomic E-state index is 11.7. The number of esters is 1. The number of pyridine rings is 1. The van der Waals surface area contributed by atoms with E-state index in [4.69, 9.17) is 0 Å². The Morgan fingerprint density at radius 1 is 1.47 bits per heavy atom. The van der Waals surface area contributed by atoms with Gasteiger partial charge < -0.3 is 10.1 Å². The number of amides is 2. The van der Waals surface area contributed by atoms with Crippen molar-refractivity contribution in [3.63, 3.8) is 0 Å². The molecule has 0 aliphatic carbocycles. The number of urea groups is 1. The van der Waals surface area contributed by atoms with E-state index in [0.717, 1.165) is 5.75 Å². The summed E-state index contributed by atoms with van der Waals surface area (Å²) in [5, 5.41) is 5.13. The molecule has 1 heterocycles. The first-order chi connectivity index (χ1) is 9.17. The molecule has 1 aromatic heterocycles. The number of nitrogens with one attached hydrogen (secondary N) is 2. The molecule has 0 bridgehead atoms. The summed E-state index contributed by atoms with van der Waals surface area (Å²) in [4.78, 5) is 27.2. The van der Waals surface area contributed by atoms with Crippen LogP contribution in [0.3, 0.4) is 0 Å². The Morgan fingerprint density at radius 2 is 2.26 bits per heavy atom. The number of ether oxygens (including phenoxy) is 1. The lowest BCUT2D eigenvalue weighted by atomic mass is 10.2. The molecule has 104 valence electrons. The van der Waals surface area contributed by atoms with Gasteiger partial charge in [0.05, 0.1) is 7.11 Å². The van der Waals surface area contributed by atoms with E-state index in [-0.39, 0.29) is 0 Å². The average Bonchev–Trinajstić information content (AvgIpc) is 2.43. The maximum Gasteiger partial charge on any atom is 0.328 e. The van der Waals surface area contributed by atoms with Gasteiger partial charge in [-0.3, -0.25) is 5.32 Å². The van der Waals surface area contributed by atoms with Crippen LogP contribution in [0.2, 0.25) is 0 Å². The number of methoxy groups -OCH3 is 1. The molecule has 2 amide bonds. The first-order valence-corrected chi connectivity index (χ1v) is 7.12. The molecule has 0 aliphatic heterocycles. The summed E-state index contributed by atoms with van der Waals surface area (Å²) >= 11 is 1.60. The summed E-state index contributed by atoms with van der Waals surface area (Å²) in [6.45, 7) is 0. The Balaban J connectivity index is 2.53. The summed E-state index contributed by atoms with van der Waals surface area (Å²) in [6, 6.07) is 4.04. The zero-order valence-electron chi connectivity index (χ0n) is 10.9. The number of anilines is 1. The second-order valence-corrected chi connectivity index (χ2v) is 4.66. The molecule has 0 spiro atoms.